The highest BCUT2D eigenvalue weighted by Crippen LogP contribution is 2.29. The fraction of sp³-hybridized carbons (Fsp3) is 0.846. The monoisotopic (exact) mass is 252 g/mol. The van der Waals surface area contributed by atoms with E-state index in [1.54, 1.807) is 0 Å². The van der Waals surface area contributed by atoms with E-state index in [9.17, 15) is 0 Å². The van der Waals surface area contributed by atoms with Crippen LogP contribution in [0.3, 0.4) is 0 Å². The van der Waals surface area contributed by atoms with Gasteiger partial charge in [0.05, 0.1) is 5.54 Å². The van der Waals surface area contributed by atoms with Crippen molar-refractivity contribution in [1.82, 2.24) is 15.0 Å². The predicted octanol–water partition coefficient (Wildman–Crippen LogP) is 1.68. The lowest BCUT2D eigenvalue weighted by Gasteiger charge is -2.39. The Hall–Kier alpha value is -0.940. The lowest BCUT2D eigenvalue weighted by atomic mass is 9.87. The number of nitrogens with two attached hydrogens (primary N) is 1. The third-order valence-electron chi connectivity index (χ3n) is 3.80. The van der Waals surface area contributed by atoms with Crippen LogP contribution in [0, 0.1) is 0 Å². The van der Waals surface area contributed by atoms with Crippen LogP contribution in [-0.4, -0.2) is 34.2 Å². The fourth-order valence-corrected chi connectivity index (χ4v) is 2.44. The first-order valence-electron chi connectivity index (χ1n) is 6.91. The Bertz CT molecular complexity index is 380. The Labute approximate surface area is 109 Å². The van der Waals surface area contributed by atoms with E-state index in [0.717, 1.165) is 38.8 Å². The number of nitrogens with zero attached hydrogens (tertiary/aromatic N) is 3. The molecule has 1 aromatic heterocycles. The van der Waals surface area contributed by atoms with Crippen LogP contribution in [0.15, 0.2) is 4.52 Å². The van der Waals surface area contributed by atoms with Gasteiger partial charge in [-0.25, -0.2) is 0 Å². The Balaban J connectivity index is 2.03. The Kier molecular flexibility index (Phi) is 4.02. The van der Waals surface area contributed by atoms with Gasteiger partial charge in [-0.3, -0.25) is 0 Å². The van der Waals surface area contributed by atoms with E-state index in [1.165, 1.54) is 0 Å². The summed E-state index contributed by atoms with van der Waals surface area (Å²) in [7, 11) is 0. The third-order valence-corrected chi connectivity index (χ3v) is 3.80. The van der Waals surface area contributed by atoms with Crippen LogP contribution in [0.2, 0.25) is 0 Å². The van der Waals surface area contributed by atoms with E-state index in [-0.39, 0.29) is 0 Å². The largest absolute Gasteiger partial charge is 0.339 e. The van der Waals surface area contributed by atoms with Crippen molar-refractivity contribution in [1.29, 1.82) is 0 Å². The molecule has 1 fully saturated rings. The average Bonchev–Trinajstić information content (AvgIpc) is 2.79. The Morgan fingerprint density at radius 1 is 1.39 bits per heavy atom. The van der Waals surface area contributed by atoms with Crippen molar-refractivity contribution in [2.24, 2.45) is 5.73 Å². The summed E-state index contributed by atoms with van der Waals surface area (Å²) < 4.78 is 5.24. The summed E-state index contributed by atoms with van der Waals surface area (Å²) in [6.07, 6.45) is 3.65. The molecular weight excluding hydrogens is 228 g/mol. The van der Waals surface area contributed by atoms with E-state index >= 15 is 0 Å². The molecule has 18 heavy (non-hydrogen) atoms. The van der Waals surface area contributed by atoms with Gasteiger partial charge < -0.3 is 15.2 Å². The van der Waals surface area contributed by atoms with Crippen molar-refractivity contribution in [3.63, 3.8) is 0 Å². The summed E-state index contributed by atoms with van der Waals surface area (Å²) in [4.78, 5) is 6.89. The zero-order valence-corrected chi connectivity index (χ0v) is 11.6. The van der Waals surface area contributed by atoms with Crippen molar-refractivity contribution in [2.75, 3.05) is 13.1 Å². The minimum absolute atomic E-state index is 0.402. The molecule has 2 heterocycles. The molecule has 0 amide bonds. The smallest absolute Gasteiger partial charge is 0.226 e. The molecule has 0 radical (unpaired) electrons. The number of piperidine rings is 1. The van der Waals surface area contributed by atoms with Crippen molar-refractivity contribution >= 4 is 0 Å². The highest BCUT2D eigenvalue weighted by atomic mass is 16.5. The summed E-state index contributed by atoms with van der Waals surface area (Å²) in [5.41, 5.74) is 6.04. The van der Waals surface area contributed by atoms with Gasteiger partial charge in [0.25, 0.3) is 0 Å². The van der Waals surface area contributed by atoms with Gasteiger partial charge in [0.1, 0.15) is 0 Å². The van der Waals surface area contributed by atoms with Gasteiger partial charge in [0.2, 0.25) is 5.89 Å². The van der Waals surface area contributed by atoms with E-state index in [0.29, 0.717) is 17.8 Å². The van der Waals surface area contributed by atoms with Crippen LogP contribution in [0.5, 0.6) is 0 Å². The second-order valence-electron chi connectivity index (χ2n) is 5.55. The summed E-state index contributed by atoms with van der Waals surface area (Å²) in [5, 5.41) is 4.07. The van der Waals surface area contributed by atoms with Crippen LogP contribution < -0.4 is 5.73 Å². The quantitative estimate of drug-likeness (QED) is 0.883. The van der Waals surface area contributed by atoms with Crippen LogP contribution in [-0.2, 0) is 12.0 Å². The van der Waals surface area contributed by atoms with Gasteiger partial charge in [-0.1, -0.05) is 12.1 Å². The molecule has 0 saturated carbocycles. The molecule has 1 aliphatic heterocycles. The van der Waals surface area contributed by atoms with E-state index in [4.69, 9.17) is 10.3 Å². The first-order valence-corrected chi connectivity index (χ1v) is 6.91. The molecule has 2 N–H and O–H groups in total. The topological polar surface area (TPSA) is 68.2 Å². The summed E-state index contributed by atoms with van der Waals surface area (Å²) >= 11 is 0. The lowest BCUT2D eigenvalue weighted by Crippen LogP contribution is -2.50. The maximum absolute atomic E-state index is 6.44. The molecule has 0 atom stereocenters. The number of likely N-dealkylation sites (tertiary alicyclic amines) is 1. The molecule has 5 nitrogen and oxygen atoms in total. The molecule has 102 valence electrons. The van der Waals surface area contributed by atoms with Crippen LogP contribution in [0.4, 0.5) is 0 Å². The molecule has 5 heteroatoms. The van der Waals surface area contributed by atoms with Gasteiger partial charge in [-0.2, -0.15) is 4.98 Å². The van der Waals surface area contributed by atoms with Crippen molar-refractivity contribution in [3.8, 4) is 0 Å². The van der Waals surface area contributed by atoms with Crippen LogP contribution >= 0.6 is 0 Å². The highest BCUT2D eigenvalue weighted by molar-refractivity contribution is 5.06. The summed E-state index contributed by atoms with van der Waals surface area (Å²) in [5.74, 6) is 1.40. The zero-order chi connectivity index (χ0) is 13.2. The average molecular weight is 252 g/mol. The number of hydrogen-bond acceptors (Lipinski definition) is 5. The van der Waals surface area contributed by atoms with Gasteiger partial charge in [0.15, 0.2) is 5.82 Å². The SMILES string of the molecule is CCCc1nc(C2(N)CCN(C(C)C)CC2)no1. The summed E-state index contributed by atoms with van der Waals surface area (Å²) in [6, 6.07) is 0.579. The molecule has 0 unspecified atom stereocenters. The van der Waals surface area contributed by atoms with Gasteiger partial charge >= 0.3 is 0 Å². The second-order valence-corrected chi connectivity index (χ2v) is 5.55. The lowest BCUT2D eigenvalue weighted by molar-refractivity contribution is 0.125. The van der Waals surface area contributed by atoms with E-state index in [2.05, 4.69) is 35.8 Å². The highest BCUT2D eigenvalue weighted by Gasteiger charge is 2.37. The fourth-order valence-electron chi connectivity index (χ4n) is 2.44. The molecule has 1 aliphatic rings. The normalized spacial score (nSPS) is 20.5. The Morgan fingerprint density at radius 2 is 2.06 bits per heavy atom. The van der Waals surface area contributed by atoms with Gasteiger partial charge in [-0.05, 0) is 33.1 Å². The van der Waals surface area contributed by atoms with E-state index in [1.807, 2.05) is 0 Å². The standard InChI is InChI=1S/C13H24N4O/c1-4-5-11-15-12(16-18-11)13(14)6-8-17(9-7-13)10(2)3/h10H,4-9,14H2,1-3H3. The minimum Gasteiger partial charge on any atom is -0.339 e. The first kappa shape index (κ1) is 13.5. The molecular formula is C13H24N4O. The van der Waals surface area contributed by atoms with Crippen LogP contribution in [0.1, 0.15) is 51.7 Å². The maximum Gasteiger partial charge on any atom is 0.226 e. The molecule has 2 rings (SSSR count). The van der Waals surface area contributed by atoms with Crippen molar-refractivity contribution in [2.45, 2.75) is 58.0 Å². The Morgan fingerprint density at radius 3 is 2.61 bits per heavy atom. The number of rotatable bonds is 4. The minimum atomic E-state index is -0.402. The number of aromatic nitrogens is 2. The van der Waals surface area contributed by atoms with Gasteiger partial charge in [-0.15, -0.1) is 0 Å². The molecule has 0 aliphatic carbocycles. The van der Waals surface area contributed by atoms with Gasteiger partial charge in [0, 0.05) is 25.6 Å². The third kappa shape index (κ3) is 2.72. The number of hydrogen-bond donors (Lipinski definition) is 1. The molecule has 1 saturated heterocycles. The molecule has 0 bridgehead atoms. The summed E-state index contributed by atoms with van der Waals surface area (Å²) in [6.45, 7) is 8.55. The zero-order valence-electron chi connectivity index (χ0n) is 11.6. The second kappa shape index (κ2) is 5.36. The van der Waals surface area contributed by atoms with Crippen molar-refractivity contribution < 1.29 is 4.52 Å². The molecule has 0 aromatic carbocycles. The molecule has 0 spiro atoms. The maximum atomic E-state index is 6.44. The predicted molar refractivity (Wildman–Crippen MR) is 70.1 cm³/mol. The van der Waals surface area contributed by atoms with E-state index < -0.39 is 5.54 Å². The van der Waals surface area contributed by atoms with Crippen LogP contribution in [0.25, 0.3) is 0 Å². The first-order chi connectivity index (χ1) is 8.55. The van der Waals surface area contributed by atoms with Crippen molar-refractivity contribution in [3.05, 3.63) is 11.7 Å². The number of aryl methyl sites for hydroxylation is 1. The molecule has 1 aromatic rings.